The fraction of sp³-hybridized carbons (Fsp3) is 0.619. The average Bonchev–Trinajstić information content (AvgIpc) is 2.82. The van der Waals surface area contributed by atoms with E-state index in [2.05, 4.69) is 5.32 Å². The monoisotopic (exact) mass is 387 g/mol. The Balaban J connectivity index is 1.64. The van der Waals surface area contributed by atoms with Crippen LogP contribution < -0.4 is 10.8 Å². The lowest BCUT2D eigenvalue weighted by atomic mass is 9.76. The largest absolute Gasteiger partial charge is 0.495 e. The van der Waals surface area contributed by atoms with E-state index >= 15 is 0 Å². The van der Waals surface area contributed by atoms with Gasteiger partial charge in [0.15, 0.2) is 0 Å². The standard InChI is InChI=1S/C21H30BNO5/c1-13-12-16(23-18(24)14-6-8-15(9-7-14)19(25)26)10-11-17(13)22-27-20(2,3)21(4,5)28-22/h10-12,14-15H,6-9H2,1-5H3,(H,23,24)(H,25,26). The van der Waals surface area contributed by atoms with Crippen LogP contribution in [0, 0.1) is 18.8 Å². The maximum Gasteiger partial charge on any atom is 0.495 e. The summed E-state index contributed by atoms with van der Waals surface area (Å²) in [5, 5.41) is 12.1. The number of aryl methyl sites for hydroxylation is 1. The summed E-state index contributed by atoms with van der Waals surface area (Å²) in [6.07, 6.45) is 2.36. The summed E-state index contributed by atoms with van der Waals surface area (Å²) in [6.45, 7) is 10.1. The summed E-state index contributed by atoms with van der Waals surface area (Å²) in [6, 6.07) is 5.74. The third kappa shape index (κ3) is 4.10. The van der Waals surface area contributed by atoms with Crippen LogP contribution in [0.5, 0.6) is 0 Å². The molecule has 1 saturated heterocycles. The van der Waals surface area contributed by atoms with Crippen molar-refractivity contribution in [3.05, 3.63) is 23.8 Å². The van der Waals surface area contributed by atoms with Gasteiger partial charge in [-0.15, -0.1) is 0 Å². The topological polar surface area (TPSA) is 84.9 Å². The normalized spacial score (nSPS) is 26.1. The van der Waals surface area contributed by atoms with Crippen LogP contribution in [0.25, 0.3) is 0 Å². The Hall–Kier alpha value is -1.86. The van der Waals surface area contributed by atoms with Crippen LogP contribution in [-0.2, 0) is 18.9 Å². The Morgan fingerprint density at radius 2 is 1.57 bits per heavy atom. The third-order valence-electron chi connectivity index (χ3n) is 6.49. The molecule has 1 aliphatic heterocycles. The first-order valence-electron chi connectivity index (χ1n) is 10.00. The molecule has 2 aliphatic rings. The molecule has 1 aliphatic carbocycles. The first-order chi connectivity index (χ1) is 13.0. The lowest BCUT2D eigenvalue weighted by molar-refractivity contribution is -0.143. The molecule has 0 unspecified atom stereocenters. The van der Waals surface area contributed by atoms with E-state index in [1.165, 1.54) is 0 Å². The Morgan fingerprint density at radius 1 is 1.04 bits per heavy atom. The van der Waals surface area contributed by atoms with Gasteiger partial charge in [-0.2, -0.15) is 0 Å². The van der Waals surface area contributed by atoms with Crippen LogP contribution in [0.4, 0.5) is 5.69 Å². The molecule has 0 aromatic heterocycles. The summed E-state index contributed by atoms with van der Waals surface area (Å²) in [4.78, 5) is 23.6. The molecule has 0 bridgehead atoms. The number of carbonyl (C=O) groups is 2. The zero-order valence-electron chi connectivity index (χ0n) is 17.4. The maximum atomic E-state index is 12.6. The van der Waals surface area contributed by atoms with Crippen molar-refractivity contribution in [3.63, 3.8) is 0 Å². The average molecular weight is 387 g/mol. The fourth-order valence-corrected chi connectivity index (χ4v) is 3.83. The second-order valence-corrected chi connectivity index (χ2v) is 9.04. The minimum Gasteiger partial charge on any atom is -0.481 e. The number of carboxylic acids is 1. The van der Waals surface area contributed by atoms with E-state index in [-0.39, 0.29) is 17.7 Å². The van der Waals surface area contributed by atoms with E-state index in [1.54, 1.807) is 0 Å². The van der Waals surface area contributed by atoms with Gasteiger partial charge in [0, 0.05) is 11.6 Å². The predicted molar refractivity (Wildman–Crippen MR) is 109 cm³/mol. The molecule has 0 radical (unpaired) electrons. The van der Waals surface area contributed by atoms with E-state index in [0.717, 1.165) is 16.7 Å². The molecule has 1 heterocycles. The molecule has 0 spiro atoms. The first-order valence-corrected chi connectivity index (χ1v) is 10.00. The molecular weight excluding hydrogens is 357 g/mol. The summed E-state index contributed by atoms with van der Waals surface area (Å²) >= 11 is 0. The zero-order valence-corrected chi connectivity index (χ0v) is 17.4. The number of benzene rings is 1. The van der Waals surface area contributed by atoms with E-state index in [4.69, 9.17) is 14.4 Å². The highest BCUT2D eigenvalue weighted by Gasteiger charge is 2.52. The molecule has 6 nitrogen and oxygen atoms in total. The molecule has 1 aromatic carbocycles. The number of anilines is 1. The van der Waals surface area contributed by atoms with E-state index in [1.807, 2.05) is 52.8 Å². The molecule has 3 rings (SSSR count). The van der Waals surface area contributed by atoms with Crippen molar-refractivity contribution < 1.29 is 24.0 Å². The SMILES string of the molecule is Cc1cc(NC(=O)C2CCC(C(=O)O)CC2)ccc1B1OC(C)(C)C(C)(C)O1. The molecule has 0 atom stereocenters. The highest BCUT2D eigenvalue weighted by Crippen LogP contribution is 2.37. The number of nitrogens with one attached hydrogen (secondary N) is 1. The summed E-state index contributed by atoms with van der Waals surface area (Å²) in [7, 11) is -0.430. The van der Waals surface area contributed by atoms with Crippen molar-refractivity contribution in [1.82, 2.24) is 0 Å². The predicted octanol–water partition coefficient (Wildman–Crippen LogP) is 3.12. The Kier molecular flexibility index (Phi) is 5.61. The summed E-state index contributed by atoms with van der Waals surface area (Å²) in [5.74, 6) is -1.23. The molecule has 28 heavy (non-hydrogen) atoms. The smallest absolute Gasteiger partial charge is 0.481 e. The lowest BCUT2D eigenvalue weighted by Crippen LogP contribution is -2.41. The van der Waals surface area contributed by atoms with Crippen LogP contribution in [0.1, 0.15) is 58.9 Å². The second-order valence-electron chi connectivity index (χ2n) is 9.04. The van der Waals surface area contributed by atoms with Crippen LogP contribution in [0.15, 0.2) is 18.2 Å². The van der Waals surface area contributed by atoms with E-state index in [0.29, 0.717) is 25.7 Å². The van der Waals surface area contributed by atoms with Gasteiger partial charge in [0.25, 0.3) is 0 Å². The van der Waals surface area contributed by atoms with Crippen molar-refractivity contribution in [2.45, 2.75) is 71.5 Å². The van der Waals surface area contributed by atoms with Crippen molar-refractivity contribution in [2.75, 3.05) is 5.32 Å². The lowest BCUT2D eigenvalue weighted by Gasteiger charge is -2.32. The van der Waals surface area contributed by atoms with E-state index < -0.39 is 24.3 Å². The van der Waals surface area contributed by atoms with Gasteiger partial charge in [0.2, 0.25) is 5.91 Å². The minimum atomic E-state index is -0.757. The molecular formula is C21H30BNO5. The van der Waals surface area contributed by atoms with Crippen LogP contribution >= 0.6 is 0 Å². The summed E-state index contributed by atoms with van der Waals surface area (Å²) in [5.41, 5.74) is 1.89. The van der Waals surface area contributed by atoms with Crippen molar-refractivity contribution in [1.29, 1.82) is 0 Å². The molecule has 152 valence electrons. The van der Waals surface area contributed by atoms with Gasteiger partial charge in [-0.1, -0.05) is 6.07 Å². The van der Waals surface area contributed by atoms with Crippen LogP contribution in [0.2, 0.25) is 0 Å². The molecule has 1 aromatic rings. The van der Waals surface area contributed by atoms with Gasteiger partial charge in [-0.25, -0.2) is 0 Å². The molecule has 1 amide bonds. The van der Waals surface area contributed by atoms with Gasteiger partial charge in [-0.05, 0) is 83.5 Å². The minimum absolute atomic E-state index is 0.0355. The molecule has 7 heteroatoms. The Labute approximate surface area is 167 Å². The molecule has 2 N–H and O–H groups in total. The van der Waals surface area contributed by atoms with Gasteiger partial charge in [0.1, 0.15) is 0 Å². The van der Waals surface area contributed by atoms with E-state index in [9.17, 15) is 9.59 Å². The van der Waals surface area contributed by atoms with Crippen molar-refractivity contribution in [3.8, 4) is 0 Å². The van der Waals surface area contributed by atoms with Crippen molar-refractivity contribution in [2.24, 2.45) is 11.8 Å². The number of hydrogen-bond acceptors (Lipinski definition) is 4. The second kappa shape index (κ2) is 7.52. The third-order valence-corrected chi connectivity index (χ3v) is 6.49. The number of hydrogen-bond donors (Lipinski definition) is 2. The Morgan fingerprint density at radius 3 is 2.07 bits per heavy atom. The maximum absolute atomic E-state index is 12.6. The van der Waals surface area contributed by atoms with Crippen LogP contribution in [0.3, 0.4) is 0 Å². The zero-order chi connectivity index (χ0) is 20.7. The first kappa shape index (κ1) is 20.9. The molecule has 1 saturated carbocycles. The highest BCUT2D eigenvalue weighted by molar-refractivity contribution is 6.62. The van der Waals surface area contributed by atoms with Gasteiger partial charge in [0.05, 0.1) is 17.1 Å². The summed E-state index contributed by atoms with van der Waals surface area (Å²) < 4.78 is 12.2. The number of amides is 1. The number of aliphatic carboxylic acids is 1. The van der Waals surface area contributed by atoms with Crippen LogP contribution in [-0.4, -0.2) is 35.3 Å². The highest BCUT2D eigenvalue weighted by atomic mass is 16.7. The van der Waals surface area contributed by atoms with Gasteiger partial charge >= 0.3 is 13.1 Å². The van der Waals surface area contributed by atoms with Crippen molar-refractivity contribution >= 4 is 30.1 Å². The molecule has 2 fully saturated rings. The Bertz CT molecular complexity index is 752. The number of carbonyl (C=O) groups excluding carboxylic acids is 1. The fourth-order valence-electron chi connectivity index (χ4n) is 3.83. The van der Waals surface area contributed by atoms with Gasteiger partial charge < -0.3 is 19.7 Å². The quantitative estimate of drug-likeness (QED) is 0.776. The number of carboxylic acid groups (broad SMARTS) is 1. The number of rotatable bonds is 4. The van der Waals surface area contributed by atoms with Gasteiger partial charge in [-0.3, -0.25) is 9.59 Å².